The lowest BCUT2D eigenvalue weighted by atomic mass is 9.49. The standard InChI is InChI=1S/C20H21ClF3NO3/c1-10(17(26)25-14-3-2-13(22)15(23)16(14)24)28-18(27)19-5-11-4-12(6-19)8-20(21,7-11)9-19/h2-3,10-12H,4-9H2,1H3,(H,25,26)/t10-,11-,12+,19?,20?/m1/s1. The number of rotatable bonds is 4. The van der Waals surface area contributed by atoms with E-state index in [1.54, 1.807) is 0 Å². The fraction of sp³-hybridized carbons (Fsp3) is 0.600. The third-order valence-electron chi connectivity index (χ3n) is 6.37. The summed E-state index contributed by atoms with van der Waals surface area (Å²) in [5.74, 6) is -5.02. The summed E-state index contributed by atoms with van der Waals surface area (Å²) in [7, 11) is 0. The molecule has 5 atom stereocenters. The number of carbonyl (C=O) groups is 2. The molecule has 152 valence electrons. The maximum Gasteiger partial charge on any atom is 0.312 e. The summed E-state index contributed by atoms with van der Waals surface area (Å²) in [6, 6.07) is 1.62. The highest BCUT2D eigenvalue weighted by molar-refractivity contribution is 6.24. The van der Waals surface area contributed by atoms with Gasteiger partial charge in [-0.2, -0.15) is 0 Å². The highest BCUT2D eigenvalue weighted by Gasteiger charge is 2.61. The molecule has 0 radical (unpaired) electrons. The Balaban J connectivity index is 1.44. The first-order chi connectivity index (χ1) is 13.1. The van der Waals surface area contributed by atoms with E-state index in [1.165, 1.54) is 6.92 Å². The molecule has 1 aromatic rings. The van der Waals surface area contributed by atoms with Crippen LogP contribution < -0.4 is 5.32 Å². The molecule has 1 amide bonds. The van der Waals surface area contributed by atoms with Gasteiger partial charge in [0.15, 0.2) is 23.6 Å². The second-order valence-corrected chi connectivity index (χ2v) is 9.45. The van der Waals surface area contributed by atoms with Crippen LogP contribution in [0.25, 0.3) is 0 Å². The number of anilines is 1. The topological polar surface area (TPSA) is 55.4 Å². The predicted octanol–water partition coefficient (Wildman–Crippen LogP) is 4.55. The van der Waals surface area contributed by atoms with Crippen LogP contribution in [-0.2, 0) is 14.3 Å². The van der Waals surface area contributed by atoms with Gasteiger partial charge in [0.1, 0.15) is 0 Å². The lowest BCUT2D eigenvalue weighted by Gasteiger charge is -2.58. The number of hydrogen-bond donors (Lipinski definition) is 1. The number of esters is 1. The Hall–Kier alpha value is -1.76. The minimum atomic E-state index is -1.68. The van der Waals surface area contributed by atoms with E-state index in [-0.39, 0.29) is 4.87 Å². The molecule has 2 unspecified atom stereocenters. The number of carbonyl (C=O) groups excluding carboxylic acids is 2. The first kappa shape index (κ1) is 19.6. The molecule has 0 saturated heterocycles. The molecule has 4 aliphatic rings. The van der Waals surface area contributed by atoms with Gasteiger partial charge in [-0.25, -0.2) is 13.2 Å². The second-order valence-electron chi connectivity index (χ2n) is 8.65. The van der Waals surface area contributed by atoms with Crippen LogP contribution >= 0.6 is 11.6 Å². The number of amides is 1. The first-order valence-electron chi connectivity index (χ1n) is 9.45. The average molecular weight is 416 g/mol. The van der Waals surface area contributed by atoms with Crippen molar-refractivity contribution in [1.82, 2.24) is 0 Å². The van der Waals surface area contributed by atoms with Crippen molar-refractivity contribution >= 4 is 29.2 Å². The van der Waals surface area contributed by atoms with E-state index in [4.69, 9.17) is 16.3 Å². The van der Waals surface area contributed by atoms with Gasteiger partial charge < -0.3 is 10.1 Å². The number of ether oxygens (including phenoxy) is 1. The number of benzene rings is 1. The minimum Gasteiger partial charge on any atom is -0.452 e. The van der Waals surface area contributed by atoms with Gasteiger partial charge >= 0.3 is 5.97 Å². The van der Waals surface area contributed by atoms with Gasteiger partial charge in [-0.05, 0) is 69.4 Å². The second kappa shape index (κ2) is 6.65. The van der Waals surface area contributed by atoms with Crippen molar-refractivity contribution in [3.63, 3.8) is 0 Å². The third kappa shape index (κ3) is 3.27. The molecule has 4 saturated carbocycles. The largest absolute Gasteiger partial charge is 0.452 e. The molecule has 0 aromatic heterocycles. The number of alkyl halides is 1. The van der Waals surface area contributed by atoms with Crippen molar-refractivity contribution in [2.24, 2.45) is 17.3 Å². The van der Waals surface area contributed by atoms with Crippen molar-refractivity contribution in [1.29, 1.82) is 0 Å². The van der Waals surface area contributed by atoms with E-state index in [2.05, 4.69) is 5.32 Å². The molecule has 0 heterocycles. The SMILES string of the molecule is C[C@@H](OC(=O)C12C[C@@H]3C[C@@H](CC(Cl)(C3)C1)C2)C(=O)Nc1ccc(F)c(F)c1F. The zero-order chi connectivity index (χ0) is 20.3. The quantitative estimate of drug-likeness (QED) is 0.446. The van der Waals surface area contributed by atoms with Gasteiger partial charge in [-0.3, -0.25) is 9.59 Å². The van der Waals surface area contributed by atoms with Crippen LogP contribution in [0.5, 0.6) is 0 Å². The Morgan fingerprint density at radius 3 is 2.39 bits per heavy atom. The Morgan fingerprint density at radius 1 is 1.14 bits per heavy atom. The fourth-order valence-corrected chi connectivity index (χ4v) is 6.28. The lowest BCUT2D eigenvalue weighted by molar-refractivity contribution is -0.176. The monoisotopic (exact) mass is 415 g/mol. The van der Waals surface area contributed by atoms with Crippen molar-refractivity contribution in [2.45, 2.75) is 56.4 Å². The molecule has 0 spiro atoms. The molecule has 28 heavy (non-hydrogen) atoms. The molecule has 5 rings (SSSR count). The van der Waals surface area contributed by atoms with Crippen LogP contribution in [0.15, 0.2) is 12.1 Å². The van der Waals surface area contributed by atoms with Crippen LogP contribution in [-0.4, -0.2) is 22.9 Å². The van der Waals surface area contributed by atoms with Crippen molar-refractivity contribution in [2.75, 3.05) is 5.32 Å². The summed E-state index contributed by atoms with van der Waals surface area (Å²) < 4.78 is 45.5. The van der Waals surface area contributed by atoms with Gasteiger partial charge in [0, 0.05) is 4.87 Å². The van der Waals surface area contributed by atoms with Crippen LogP contribution in [0.1, 0.15) is 45.4 Å². The zero-order valence-electron chi connectivity index (χ0n) is 15.4. The predicted molar refractivity (Wildman–Crippen MR) is 96.2 cm³/mol. The molecular weight excluding hydrogens is 395 g/mol. The van der Waals surface area contributed by atoms with Crippen LogP contribution in [0.2, 0.25) is 0 Å². The molecule has 0 aliphatic heterocycles. The molecule has 4 nitrogen and oxygen atoms in total. The number of halogens is 4. The molecule has 8 heteroatoms. The highest BCUT2D eigenvalue weighted by atomic mass is 35.5. The maximum atomic E-state index is 13.7. The van der Waals surface area contributed by atoms with Gasteiger partial charge in [0.2, 0.25) is 0 Å². The van der Waals surface area contributed by atoms with E-state index in [0.717, 1.165) is 25.3 Å². The molecule has 4 aliphatic carbocycles. The smallest absolute Gasteiger partial charge is 0.312 e. The summed E-state index contributed by atoms with van der Waals surface area (Å²) in [6.07, 6.45) is 3.65. The van der Waals surface area contributed by atoms with Gasteiger partial charge in [0.25, 0.3) is 5.91 Å². The summed E-state index contributed by atoms with van der Waals surface area (Å²) in [6.45, 7) is 1.36. The fourth-order valence-electron chi connectivity index (χ4n) is 5.59. The summed E-state index contributed by atoms with van der Waals surface area (Å²) in [5.41, 5.74) is -1.19. The Bertz CT molecular complexity index is 832. The molecule has 4 fully saturated rings. The van der Waals surface area contributed by atoms with Crippen LogP contribution in [0.4, 0.5) is 18.9 Å². The van der Waals surface area contributed by atoms with Gasteiger partial charge in [0.05, 0.1) is 11.1 Å². The van der Waals surface area contributed by atoms with Crippen LogP contribution in [0, 0.1) is 34.7 Å². The molecule has 4 bridgehead atoms. The van der Waals surface area contributed by atoms with E-state index >= 15 is 0 Å². The van der Waals surface area contributed by atoms with Crippen molar-refractivity contribution in [3.05, 3.63) is 29.6 Å². The normalized spacial score (nSPS) is 34.2. The van der Waals surface area contributed by atoms with Crippen molar-refractivity contribution < 1.29 is 27.5 Å². The Kier molecular flexibility index (Phi) is 4.64. The summed E-state index contributed by atoms with van der Waals surface area (Å²) in [5, 5.41) is 2.14. The number of nitrogens with one attached hydrogen (secondary N) is 1. The minimum absolute atomic E-state index is 0.372. The first-order valence-corrected chi connectivity index (χ1v) is 9.83. The molecular formula is C20H21ClF3NO3. The average Bonchev–Trinajstić information content (AvgIpc) is 2.60. The highest BCUT2D eigenvalue weighted by Crippen LogP contribution is 2.64. The van der Waals surface area contributed by atoms with Gasteiger partial charge in [-0.15, -0.1) is 11.6 Å². The third-order valence-corrected chi connectivity index (χ3v) is 6.81. The molecule has 1 N–H and O–H groups in total. The zero-order valence-corrected chi connectivity index (χ0v) is 16.1. The van der Waals surface area contributed by atoms with E-state index in [9.17, 15) is 22.8 Å². The molecule has 1 aromatic carbocycles. The summed E-state index contributed by atoms with van der Waals surface area (Å²) >= 11 is 6.72. The van der Waals surface area contributed by atoms with Crippen LogP contribution in [0.3, 0.4) is 0 Å². The van der Waals surface area contributed by atoms with E-state index in [0.29, 0.717) is 37.2 Å². The number of hydrogen-bond acceptors (Lipinski definition) is 3. The van der Waals surface area contributed by atoms with Crippen molar-refractivity contribution in [3.8, 4) is 0 Å². The Labute approximate surface area is 165 Å². The Morgan fingerprint density at radius 2 is 1.79 bits per heavy atom. The van der Waals surface area contributed by atoms with E-state index < -0.39 is 46.5 Å². The maximum absolute atomic E-state index is 13.7. The van der Waals surface area contributed by atoms with E-state index in [1.807, 2.05) is 0 Å². The lowest BCUT2D eigenvalue weighted by Crippen LogP contribution is -2.57. The summed E-state index contributed by atoms with van der Waals surface area (Å²) in [4.78, 5) is 24.8. The van der Waals surface area contributed by atoms with Gasteiger partial charge in [-0.1, -0.05) is 0 Å².